The number of cyclic esters (lactones) is 1. The number of hydrogen-bond acceptors (Lipinski definition) is 2. The highest BCUT2D eigenvalue weighted by Gasteiger charge is 2.32. The molecule has 1 aliphatic rings. The normalized spacial score (nSPS) is 14.8. The zero-order valence-electron chi connectivity index (χ0n) is 17.5. The number of rotatable bonds is 3. The van der Waals surface area contributed by atoms with Crippen LogP contribution in [-0.2, 0) is 4.74 Å². The van der Waals surface area contributed by atoms with Gasteiger partial charge in [0, 0.05) is 26.8 Å². The van der Waals surface area contributed by atoms with Crippen molar-refractivity contribution >= 4 is 40.3 Å². The van der Waals surface area contributed by atoms with Gasteiger partial charge in [0.2, 0.25) is 0 Å². The van der Waals surface area contributed by atoms with E-state index >= 15 is 0 Å². The Morgan fingerprint density at radius 3 is 1.76 bits per heavy atom. The van der Waals surface area contributed by atoms with Crippen LogP contribution in [-0.4, -0.2) is 5.97 Å². The third-order valence-electron chi connectivity index (χ3n) is 5.55. The van der Waals surface area contributed by atoms with Crippen LogP contribution in [0.4, 0.5) is 0 Å². The van der Waals surface area contributed by atoms with E-state index in [9.17, 15) is 4.79 Å². The molecule has 0 fully saturated rings. The molecule has 4 heteroatoms. The van der Waals surface area contributed by atoms with E-state index in [1.165, 1.54) is 0 Å². The van der Waals surface area contributed by atoms with E-state index in [0.717, 1.165) is 33.4 Å². The van der Waals surface area contributed by atoms with Crippen molar-refractivity contribution in [2.75, 3.05) is 0 Å². The van der Waals surface area contributed by atoms with E-state index < -0.39 is 6.10 Å². The molecule has 0 N–H and O–H groups in total. The lowest BCUT2D eigenvalue weighted by atomic mass is 9.88. The van der Waals surface area contributed by atoms with Gasteiger partial charge in [-0.2, -0.15) is 0 Å². The topological polar surface area (TPSA) is 26.3 Å². The van der Waals surface area contributed by atoms with Crippen molar-refractivity contribution in [3.8, 4) is 0 Å². The number of carbonyl (C=O) groups excluding carboxylic acids is 1. The Bertz CT molecular complexity index is 1330. The molecule has 0 aliphatic carbocycles. The van der Waals surface area contributed by atoms with Crippen molar-refractivity contribution in [2.45, 2.75) is 6.10 Å². The fourth-order valence-electron chi connectivity index (χ4n) is 3.94. The average Bonchev–Trinajstić information content (AvgIpc) is 2.85. The number of hydrogen-bond donors (Lipinski definition) is 0. The first-order valence-corrected chi connectivity index (χ1v) is 11.2. The van der Waals surface area contributed by atoms with Gasteiger partial charge in [-0.05, 0) is 47.0 Å². The van der Waals surface area contributed by atoms with E-state index in [-0.39, 0.29) is 5.97 Å². The molecule has 33 heavy (non-hydrogen) atoms. The van der Waals surface area contributed by atoms with Crippen LogP contribution in [0.3, 0.4) is 0 Å². The maximum Gasteiger partial charge on any atom is 0.339 e. The summed E-state index contributed by atoms with van der Waals surface area (Å²) in [6.07, 6.45) is -0.580. The van der Waals surface area contributed by atoms with Gasteiger partial charge in [0.05, 0.1) is 5.56 Å². The maximum absolute atomic E-state index is 12.8. The molecule has 0 saturated heterocycles. The molecule has 1 unspecified atom stereocenters. The standard InChI is InChI=1S/C29H18Cl2O2/c30-22-14-10-19(11-15-22)26(20-12-16-23(31)17-13-20)18-27-24-8-4-5-9-25(24)29(32)33-28(27)21-6-2-1-3-7-21/h1-17,28H. The minimum absolute atomic E-state index is 0.343. The number of fused-ring (bicyclic) bond motifs is 1. The van der Waals surface area contributed by atoms with Crippen LogP contribution in [0.2, 0.25) is 10.0 Å². The lowest BCUT2D eigenvalue weighted by Gasteiger charge is -2.27. The molecule has 0 spiro atoms. The quantitative estimate of drug-likeness (QED) is 0.224. The Kier molecular flexibility index (Phi) is 5.90. The fraction of sp³-hybridized carbons (Fsp3) is 0.0345. The summed E-state index contributed by atoms with van der Waals surface area (Å²) in [6, 6.07) is 32.4. The van der Waals surface area contributed by atoms with Crippen molar-refractivity contribution in [3.63, 3.8) is 0 Å². The molecular weight excluding hydrogens is 451 g/mol. The molecule has 1 atom stereocenters. The largest absolute Gasteiger partial charge is 0.448 e. The second-order valence-corrected chi connectivity index (χ2v) is 8.54. The van der Waals surface area contributed by atoms with Crippen molar-refractivity contribution in [3.05, 3.63) is 147 Å². The van der Waals surface area contributed by atoms with Crippen molar-refractivity contribution in [1.29, 1.82) is 0 Å². The Hall–Kier alpha value is -3.55. The third kappa shape index (κ3) is 4.37. The SMILES string of the molecule is O=C1OC(c2ccccc2)C(=C=C(c2ccc(Cl)cc2)c2ccc(Cl)cc2)c2ccccc21. The van der Waals surface area contributed by atoms with Gasteiger partial charge in [-0.25, -0.2) is 4.79 Å². The lowest BCUT2D eigenvalue weighted by molar-refractivity contribution is 0.0388. The maximum atomic E-state index is 12.8. The minimum Gasteiger partial charge on any atom is -0.448 e. The second-order valence-electron chi connectivity index (χ2n) is 7.67. The van der Waals surface area contributed by atoms with Crippen molar-refractivity contribution < 1.29 is 9.53 Å². The van der Waals surface area contributed by atoms with E-state index in [4.69, 9.17) is 27.9 Å². The van der Waals surface area contributed by atoms with Gasteiger partial charge in [-0.3, -0.25) is 0 Å². The molecule has 0 bridgehead atoms. The van der Waals surface area contributed by atoms with Gasteiger partial charge in [0.25, 0.3) is 0 Å². The van der Waals surface area contributed by atoms with Crippen molar-refractivity contribution in [1.82, 2.24) is 0 Å². The van der Waals surface area contributed by atoms with Gasteiger partial charge in [-0.15, -0.1) is 5.73 Å². The van der Waals surface area contributed by atoms with E-state index in [1.807, 2.05) is 97.1 Å². The molecule has 0 aromatic heterocycles. The molecule has 1 heterocycles. The van der Waals surface area contributed by atoms with Crippen LogP contribution in [0.25, 0.3) is 11.1 Å². The predicted octanol–water partition coefficient (Wildman–Crippen LogP) is 8.02. The second kappa shape index (κ2) is 9.13. The Labute approximate surface area is 202 Å². The molecule has 4 aromatic rings. The molecule has 2 nitrogen and oxygen atoms in total. The zero-order valence-corrected chi connectivity index (χ0v) is 19.0. The molecule has 160 valence electrons. The van der Waals surface area contributed by atoms with Gasteiger partial charge in [0.1, 0.15) is 0 Å². The molecule has 4 aromatic carbocycles. The van der Waals surface area contributed by atoms with Gasteiger partial charge < -0.3 is 4.74 Å². The van der Waals surface area contributed by atoms with E-state index in [1.54, 1.807) is 6.07 Å². The molecule has 1 aliphatic heterocycles. The molecule has 0 saturated carbocycles. The molecule has 5 rings (SSSR count). The summed E-state index contributed by atoms with van der Waals surface area (Å²) in [5.41, 5.74) is 9.36. The average molecular weight is 469 g/mol. The summed E-state index contributed by atoms with van der Waals surface area (Å²) in [5.74, 6) is -0.343. The van der Waals surface area contributed by atoms with Crippen LogP contribution in [0.15, 0.2) is 109 Å². The predicted molar refractivity (Wildman–Crippen MR) is 133 cm³/mol. The number of ether oxygens (including phenoxy) is 1. The summed E-state index contributed by atoms with van der Waals surface area (Å²) >= 11 is 12.3. The molecule has 0 amide bonds. The van der Waals surface area contributed by atoms with Gasteiger partial charge in [0.15, 0.2) is 6.10 Å². The summed E-state index contributed by atoms with van der Waals surface area (Å²) in [4.78, 5) is 12.8. The summed E-state index contributed by atoms with van der Waals surface area (Å²) in [7, 11) is 0. The highest BCUT2D eigenvalue weighted by Crippen LogP contribution is 2.40. The molecular formula is C29H18Cl2O2. The number of carbonyl (C=O) groups is 1. The van der Waals surface area contributed by atoms with E-state index in [0.29, 0.717) is 15.6 Å². The minimum atomic E-state index is -0.580. The first-order valence-electron chi connectivity index (χ1n) is 10.5. The Morgan fingerprint density at radius 1 is 0.667 bits per heavy atom. The van der Waals surface area contributed by atoms with Crippen LogP contribution in [0, 0.1) is 0 Å². The summed E-state index contributed by atoms with van der Waals surface area (Å²) < 4.78 is 5.93. The highest BCUT2D eigenvalue weighted by atomic mass is 35.5. The lowest BCUT2D eigenvalue weighted by Crippen LogP contribution is -2.20. The Morgan fingerprint density at radius 2 is 1.18 bits per heavy atom. The third-order valence-corrected chi connectivity index (χ3v) is 6.06. The van der Waals surface area contributed by atoms with Gasteiger partial charge in [-0.1, -0.05) is 96.0 Å². The van der Waals surface area contributed by atoms with Crippen molar-refractivity contribution in [2.24, 2.45) is 0 Å². The first-order chi connectivity index (χ1) is 16.1. The number of esters is 1. The van der Waals surface area contributed by atoms with Crippen LogP contribution in [0.5, 0.6) is 0 Å². The number of benzene rings is 4. The highest BCUT2D eigenvalue weighted by molar-refractivity contribution is 6.31. The van der Waals surface area contributed by atoms with Crippen LogP contribution in [0.1, 0.15) is 38.7 Å². The van der Waals surface area contributed by atoms with E-state index in [2.05, 4.69) is 5.73 Å². The fourth-order valence-corrected chi connectivity index (χ4v) is 4.19. The zero-order chi connectivity index (χ0) is 22.8. The smallest absolute Gasteiger partial charge is 0.339 e. The molecule has 0 radical (unpaired) electrons. The Balaban J connectivity index is 1.84. The van der Waals surface area contributed by atoms with Crippen LogP contribution >= 0.6 is 23.2 Å². The summed E-state index contributed by atoms with van der Waals surface area (Å²) in [5, 5.41) is 1.31. The number of halogens is 2. The monoisotopic (exact) mass is 468 g/mol. The summed E-state index contributed by atoms with van der Waals surface area (Å²) in [6.45, 7) is 0. The van der Waals surface area contributed by atoms with Gasteiger partial charge >= 0.3 is 5.97 Å². The first kappa shape index (κ1) is 21.3. The van der Waals surface area contributed by atoms with Crippen LogP contribution < -0.4 is 0 Å².